The van der Waals surface area contributed by atoms with Gasteiger partial charge in [0.15, 0.2) is 11.5 Å². The first kappa shape index (κ1) is 9.66. The van der Waals surface area contributed by atoms with Gasteiger partial charge in [0.1, 0.15) is 11.9 Å². The Balaban J connectivity index is 2.07. The van der Waals surface area contributed by atoms with Crippen molar-refractivity contribution in [3.63, 3.8) is 0 Å². The van der Waals surface area contributed by atoms with E-state index in [1.54, 1.807) is 18.2 Å². The van der Waals surface area contributed by atoms with Crippen LogP contribution in [0.25, 0.3) is 0 Å². The SMILES string of the molecule is CC(CC#N)Oc1ccc2c(c1)OCO2. The first-order valence-electron chi connectivity index (χ1n) is 4.73. The van der Waals surface area contributed by atoms with Gasteiger partial charge in [0.2, 0.25) is 6.79 Å². The van der Waals surface area contributed by atoms with Crippen molar-refractivity contribution in [3.8, 4) is 23.3 Å². The number of fused-ring (bicyclic) bond motifs is 1. The molecule has 1 heterocycles. The van der Waals surface area contributed by atoms with E-state index in [9.17, 15) is 0 Å². The van der Waals surface area contributed by atoms with Gasteiger partial charge in [0.25, 0.3) is 0 Å². The number of benzene rings is 1. The van der Waals surface area contributed by atoms with Crippen LogP contribution in [0.4, 0.5) is 0 Å². The molecule has 0 amide bonds. The highest BCUT2D eigenvalue weighted by atomic mass is 16.7. The molecule has 0 aromatic heterocycles. The Labute approximate surface area is 88.0 Å². The maximum absolute atomic E-state index is 8.49. The van der Waals surface area contributed by atoms with E-state index in [2.05, 4.69) is 6.07 Å². The molecule has 0 N–H and O–H groups in total. The summed E-state index contributed by atoms with van der Waals surface area (Å²) in [5.41, 5.74) is 0. The van der Waals surface area contributed by atoms with Crippen LogP contribution in [0.1, 0.15) is 13.3 Å². The van der Waals surface area contributed by atoms with Crippen LogP contribution in [0.3, 0.4) is 0 Å². The third kappa shape index (κ3) is 2.13. The van der Waals surface area contributed by atoms with Gasteiger partial charge in [-0.3, -0.25) is 0 Å². The first-order chi connectivity index (χ1) is 7.29. The van der Waals surface area contributed by atoms with Gasteiger partial charge in [-0.25, -0.2) is 0 Å². The lowest BCUT2D eigenvalue weighted by atomic mass is 10.3. The van der Waals surface area contributed by atoms with Gasteiger partial charge in [-0.2, -0.15) is 5.26 Å². The summed E-state index contributed by atoms with van der Waals surface area (Å²) in [6, 6.07) is 7.44. The van der Waals surface area contributed by atoms with E-state index >= 15 is 0 Å². The smallest absolute Gasteiger partial charge is 0.231 e. The number of rotatable bonds is 3. The summed E-state index contributed by atoms with van der Waals surface area (Å²) in [6.07, 6.45) is 0.254. The molecule has 1 aliphatic rings. The minimum absolute atomic E-state index is 0.115. The second kappa shape index (κ2) is 4.09. The molecular weight excluding hydrogens is 194 g/mol. The van der Waals surface area contributed by atoms with E-state index in [0.717, 1.165) is 5.75 Å². The zero-order valence-electron chi connectivity index (χ0n) is 8.40. The van der Waals surface area contributed by atoms with Gasteiger partial charge in [0, 0.05) is 6.07 Å². The molecule has 4 nitrogen and oxygen atoms in total. The van der Waals surface area contributed by atoms with Gasteiger partial charge in [-0.05, 0) is 19.1 Å². The topological polar surface area (TPSA) is 51.5 Å². The fourth-order valence-electron chi connectivity index (χ4n) is 1.35. The van der Waals surface area contributed by atoms with E-state index in [-0.39, 0.29) is 12.9 Å². The maximum atomic E-state index is 8.49. The molecule has 78 valence electrons. The molecule has 4 heteroatoms. The highest BCUT2D eigenvalue weighted by Crippen LogP contribution is 2.35. The summed E-state index contributed by atoms with van der Waals surface area (Å²) in [6.45, 7) is 2.11. The van der Waals surface area contributed by atoms with Crippen molar-refractivity contribution in [2.45, 2.75) is 19.4 Å². The third-order valence-corrected chi connectivity index (χ3v) is 2.06. The minimum Gasteiger partial charge on any atom is -0.490 e. The zero-order chi connectivity index (χ0) is 10.7. The van der Waals surface area contributed by atoms with Crippen molar-refractivity contribution in [2.24, 2.45) is 0 Å². The average Bonchev–Trinajstić information content (AvgIpc) is 2.65. The quantitative estimate of drug-likeness (QED) is 0.758. The highest BCUT2D eigenvalue weighted by Gasteiger charge is 2.14. The number of nitriles is 1. The first-order valence-corrected chi connectivity index (χ1v) is 4.73. The van der Waals surface area contributed by atoms with Crippen molar-refractivity contribution in [2.75, 3.05) is 6.79 Å². The van der Waals surface area contributed by atoms with Gasteiger partial charge in [-0.1, -0.05) is 0 Å². The summed E-state index contributed by atoms with van der Waals surface area (Å²) in [4.78, 5) is 0. The molecule has 1 aliphatic heterocycles. The summed E-state index contributed by atoms with van der Waals surface area (Å²) < 4.78 is 15.9. The molecule has 0 bridgehead atoms. The maximum Gasteiger partial charge on any atom is 0.231 e. The monoisotopic (exact) mass is 205 g/mol. The molecule has 0 aliphatic carbocycles. The predicted molar refractivity (Wildman–Crippen MR) is 52.9 cm³/mol. The Morgan fingerprint density at radius 2 is 2.27 bits per heavy atom. The van der Waals surface area contributed by atoms with Crippen molar-refractivity contribution < 1.29 is 14.2 Å². The van der Waals surface area contributed by atoms with Crippen molar-refractivity contribution in [3.05, 3.63) is 18.2 Å². The van der Waals surface area contributed by atoms with Gasteiger partial charge in [-0.15, -0.1) is 0 Å². The lowest BCUT2D eigenvalue weighted by molar-refractivity contribution is 0.173. The predicted octanol–water partition coefficient (Wildman–Crippen LogP) is 2.10. The second-order valence-electron chi connectivity index (χ2n) is 3.31. The van der Waals surface area contributed by atoms with Crippen LogP contribution in [0.5, 0.6) is 17.2 Å². The van der Waals surface area contributed by atoms with E-state index in [1.807, 2.05) is 6.92 Å². The summed E-state index contributed by atoms with van der Waals surface area (Å²) in [7, 11) is 0. The van der Waals surface area contributed by atoms with Gasteiger partial charge >= 0.3 is 0 Å². The molecule has 15 heavy (non-hydrogen) atoms. The molecule has 2 rings (SSSR count). The second-order valence-corrected chi connectivity index (χ2v) is 3.31. The Kier molecular flexibility index (Phi) is 2.64. The lowest BCUT2D eigenvalue weighted by Crippen LogP contribution is -2.10. The molecule has 1 atom stereocenters. The number of hydrogen-bond acceptors (Lipinski definition) is 4. The van der Waals surface area contributed by atoms with Crippen LogP contribution in [-0.4, -0.2) is 12.9 Å². The van der Waals surface area contributed by atoms with Crippen LogP contribution in [0.15, 0.2) is 18.2 Å². The molecule has 0 radical (unpaired) electrons. The summed E-state index contributed by atoms with van der Waals surface area (Å²) in [5.74, 6) is 2.12. The van der Waals surface area contributed by atoms with Gasteiger partial charge in [0.05, 0.1) is 12.5 Å². The lowest BCUT2D eigenvalue weighted by Gasteiger charge is -2.11. The summed E-state index contributed by atoms with van der Waals surface area (Å²) >= 11 is 0. The fraction of sp³-hybridized carbons (Fsp3) is 0.364. The van der Waals surface area contributed by atoms with E-state index < -0.39 is 0 Å². The molecular formula is C11H11NO3. The zero-order valence-corrected chi connectivity index (χ0v) is 8.40. The standard InChI is InChI=1S/C11H11NO3/c1-8(4-5-12)15-9-2-3-10-11(6-9)14-7-13-10/h2-3,6,8H,4,7H2,1H3. The van der Waals surface area contributed by atoms with E-state index in [1.165, 1.54) is 0 Å². The number of ether oxygens (including phenoxy) is 3. The van der Waals surface area contributed by atoms with Crippen LogP contribution < -0.4 is 14.2 Å². The molecule has 1 aromatic carbocycles. The highest BCUT2D eigenvalue weighted by molar-refractivity contribution is 5.46. The average molecular weight is 205 g/mol. The van der Waals surface area contributed by atoms with Crippen LogP contribution in [-0.2, 0) is 0 Å². The van der Waals surface area contributed by atoms with Crippen LogP contribution >= 0.6 is 0 Å². The van der Waals surface area contributed by atoms with E-state index in [4.69, 9.17) is 19.5 Å². The fourth-order valence-corrected chi connectivity index (χ4v) is 1.35. The third-order valence-electron chi connectivity index (χ3n) is 2.06. The van der Waals surface area contributed by atoms with Crippen LogP contribution in [0.2, 0.25) is 0 Å². The Bertz CT molecular complexity index is 397. The van der Waals surface area contributed by atoms with Crippen molar-refractivity contribution >= 4 is 0 Å². The molecule has 0 spiro atoms. The normalized spacial score (nSPS) is 14.4. The van der Waals surface area contributed by atoms with Crippen molar-refractivity contribution in [1.82, 2.24) is 0 Å². The molecule has 1 aromatic rings. The molecule has 1 unspecified atom stereocenters. The van der Waals surface area contributed by atoms with Crippen LogP contribution in [0, 0.1) is 11.3 Å². The Morgan fingerprint density at radius 1 is 1.47 bits per heavy atom. The molecule has 0 fully saturated rings. The summed E-state index contributed by atoms with van der Waals surface area (Å²) in [5, 5.41) is 8.49. The van der Waals surface area contributed by atoms with E-state index in [0.29, 0.717) is 17.9 Å². The Hall–Kier alpha value is -1.89. The molecule has 0 saturated carbocycles. The molecule has 0 saturated heterocycles. The minimum atomic E-state index is -0.115. The Morgan fingerprint density at radius 3 is 3.07 bits per heavy atom. The van der Waals surface area contributed by atoms with Crippen molar-refractivity contribution in [1.29, 1.82) is 5.26 Å². The number of nitrogens with zero attached hydrogens (tertiary/aromatic N) is 1. The number of hydrogen-bond donors (Lipinski definition) is 0. The largest absolute Gasteiger partial charge is 0.490 e. The van der Waals surface area contributed by atoms with Gasteiger partial charge < -0.3 is 14.2 Å².